The summed E-state index contributed by atoms with van der Waals surface area (Å²) in [6.45, 7) is 0. The van der Waals surface area contributed by atoms with Crippen LogP contribution in [0.25, 0.3) is 0 Å². The molecule has 0 saturated heterocycles. The third-order valence-corrected chi connectivity index (χ3v) is 4.88. The number of aromatic nitrogens is 1. The molecule has 2 aromatic carbocycles. The first kappa shape index (κ1) is 20.7. The van der Waals surface area contributed by atoms with Crippen LogP contribution in [0.3, 0.4) is 0 Å². The van der Waals surface area contributed by atoms with Gasteiger partial charge >= 0.3 is 6.03 Å². The number of benzodiazepines with no additional fused rings is 1. The van der Waals surface area contributed by atoms with Gasteiger partial charge in [-0.25, -0.2) is 19.2 Å². The molecule has 1 aromatic heterocycles. The second-order valence-corrected chi connectivity index (χ2v) is 6.92. The number of para-hydroxylation sites is 1. The van der Waals surface area contributed by atoms with E-state index < -0.39 is 23.9 Å². The zero-order valence-electron chi connectivity index (χ0n) is 16.9. The summed E-state index contributed by atoms with van der Waals surface area (Å²) in [7, 11) is 1.57. The van der Waals surface area contributed by atoms with Crippen molar-refractivity contribution < 1.29 is 14.0 Å². The van der Waals surface area contributed by atoms with Crippen LogP contribution in [-0.4, -0.2) is 35.8 Å². The molecule has 1 aliphatic heterocycles. The molecular formula is C23H17FN6O2. The van der Waals surface area contributed by atoms with Crippen molar-refractivity contribution in [2.24, 2.45) is 4.99 Å². The lowest BCUT2D eigenvalue weighted by molar-refractivity contribution is -0.119. The number of anilines is 2. The Labute approximate surface area is 183 Å². The lowest BCUT2D eigenvalue weighted by Crippen LogP contribution is -2.47. The number of fused-ring (bicyclic) bond motifs is 1. The van der Waals surface area contributed by atoms with Gasteiger partial charge in [0.25, 0.3) is 5.91 Å². The number of nitriles is 1. The summed E-state index contributed by atoms with van der Waals surface area (Å²) in [4.78, 5) is 35.3. The van der Waals surface area contributed by atoms with Crippen molar-refractivity contribution in [3.05, 3.63) is 89.5 Å². The Morgan fingerprint density at radius 2 is 1.81 bits per heavy atom. The maximum Gasteiger partial charge on any atom is 0.321 e. The number of likely N-dealkylation sites (N-methyl/N-ethyl adjacent to an activating group) is 1. The van der Waals surface area contributed by atoms with Crippen molar-refractivity contribution in [2.45, 2.75) is 6.17 Å². The SMILES string of the molecule is CN1C(=O)C(NC(=O)Nc2ccc(C#N)nc2)N=C(c2ccccc2F)c2ccccc21. The fraction of sp³-hybridized carbons (Fsp3) is 0.0870. The van der Waals surface area contributed by atoms with Crippen molar-refractivity contribution >= 4 is 29.0 Å². The molecule has 9 heteroatoms. The molecule has 0 spiro atoms. The van der Waals surface area contributed by atoms with E-state index in [4.69, 9.17) is 5.26 Å². The van der Waals surface area contributed by atoms with E-state index >= 15 is 0 Å². The smallest absolute Gasteiger partial charge is 0.311 e. The van der Waals surface area contributed by atoms with Gasteiger partial charge in [0.05, 0.1) is 23.3 Å². The number of amides is 3. The second kappa shape index (κ2) is 8.65. The average Bonchev–Trinajstić information content (AvgIpc) is 2.91. The first-order chi connectivity index (χ1) is 15.5. The maximum absolute atomic E-state index is 14.6. The topological polar surface area (TPSA) is 110 Å². The molecule has 8 nitrogen and oxygen atoms in total. The predicted octanol–water partition coefficient (Wildman–Crippen LogP) is 3.05. The Morgan fingerprint density at radius 1 is 1.09 bits per heavy atom. The third kappa shape index (κ3) is 4.02. The molecule has 0 saturated carbocycles. The van der Waals surface area contributed by atoms with Gasteiger partial charge in [0.15, 0.2) is 0 Å². The molecule has 2 heterocycles. The molecule has 0 bridgehead atoms. The number of hydrogen-bond acceptors (Lipinski definition) is 5. The van der Waals surface area contributed by atoms with E-state index in [9.17, 15) is 14.0 Å². The van der Waals surface area contributed by atoms with E-state index in [1.165, 1.54) is 29.3 Å². The number of pyridine rings is 1. The van der Waals surface area contributed by atoms with Gasteiger partial charge in [0.1, 0.15) is 17.6 Å². The third-order valence-electron chi connectivity index (χ3n) is 4.88. The summed E-state index contributed by atoms with van der Waals surface area (Å²) in [5, 5.41) is 13.9. The number of nitrogens with one attached hydrogen (secondary N) is 2. The van der Waals surface area contributed by atoms with Crippen molar-refractivity contribution in [3.63, 3.8) is 0 Å². The van der Waals surface area contributed by atoms with Crippen LogP contribution in [0, 0.1) is 17.1 Å². The number of carbonyl (C=O) groups excluding carboxylic acids is 2. The van der Waals surface area contributed by atoms with Crippen LogP contribution in [-0.2, 0) is 4.79 Å². The Hall–Kier alpha value is -4.58. The summed E-state index contributed by atoms with van der Waals surface area (Å²) in [6, 6.07) is 17.3. The van der Waals surface area contributed by atoms with E-state index in [0.29, 0.717) is 16.9 Å². The zero-order valence-corrected chi connectivity index (χ0v) is 16.9. The molecule has 1 unspecified atom stereocenters. The van der Waals surface area contributed by atoms with Crippen molar-refractivity contribution in [1.82, 2.24) is 10.3 Å². The number of urea groups is 1. The number of benzene rings is 2. The predicted molar refractivity (Wildman–Crippen MR) is 117 cm³/mol. The molecule has 1 atom stereocenters. The molecule has 1 aliphatic rings. The highest BCUT2D eigenvalue weighted by Crippen LogP contribution is 2.28. The Morgan fingerprint density at radius 3 is 2.50 bits per heavy atom. The molecule has 0 aliphatic carbocycles. The zero-order chi connectivity index (χ0) is 22.7. The molecule has 32 heavy (non-hydrogen) atoms. The van der Waals surface area contributed by atoms with Crippen LogP contribution in [0.2, 0.25) is 0 Å². The number of hydrogen-bond donors (Lipinski definition) is 2. The Bertz CT molecular complexity index is 1270. The summed E-state index contributed by atoms with van der Waals surface area (Å²) in [5.41, 5.74) is 2.11. The molecule has 158 valence electrons. The number of halogens is 1. The van der Waals surface area contributed by atoms with E-state index in [2.05, 4.69) is 20.6 Å². The quantitative estimate of drug-likeness (QED) is 0.668. The minimum Gasteiger partial charge on any atom is -0.311 e. The van der Waals surface area contributed by atoms with Crippen LogP contribution in [0.5, 0.6) is 0 Å². The summed E-state index contributed by atoms with van der Waals surface area (Å²) in [6.07, 6.45) is 0.0247. The number of aliphatic imine (C=N–C) groups is 1. The first-order valence-corrected chi connectivity index (χ1v) is 9.61. The maximum atomic E-state index is 14.6. The van der Waals surface area contributed by atoms with Gasteiger partial charge in [-0.3, -0.25) is 4.79 Å². The average molecular weight is 428 g/mol. The fourth-order valence-corrected chi connectivity index (χ4v) is 3.31. The van der Waals surface area contributed by atoms with Crippen molar-refractivity contribution in [2.75, 3.05) is 17.3 Å². The molecule has 3 amide bonds. The molecule has 2 N–H and O–H groups in total. The normalized spacial score (nSPS) is 15.2. The number of nitrogens with zero attached hydrogens (tertiary/aromatic N) is 4. The summed E-state index contributed by atoms with van der Waals surface area (Å²) < 4.78 is 14.6. The monoisotopic (exact) mass is 428 g/mol. The van der Waals surface area contributed by atoms with Gasteiger partial charge in [-0.2, -0.15) is 5.26 Å². The van der Waals surface area contributed by atoms with Crippen LogP contribution < -0.4 is 15.5 Å². The van der Waals surface area contributed by atoms with E-state index in [1.54, 1.807) is 49.5 Å². The second-order valence-electron chi connectivity index (χ2n) is 6.92. The van der Waals surface area contributed by atoms with Gasteiger partial charge in [-0.1, -0.05) is 30.3 Å². The van der Waals surface area contributed by atoms with Gasteiger partial charge < -0.3 is 15.5 Å². The minimum absolute atomic E-state index is 0.202. The van der Waals surface area contributed by atoms with Crippen LogP contribution in [0.1, 0.15) is 16.8 Å². The van der Waals surface area contributed by atoms with Crippen LogP contribution in [0.15, 0.2) is 71.9 Å². The van der Waals surface area contributed by atoms with Crippen molar-refractivity contribution in [1.29, 1.82) is 5.26 Å². The fourth-order valence-electron chi connectivity index (χ4n) is 3.31. The number of rotatable bonds is 3. The molecule has 3 aromatic rings. The van der Waals surface area contributed by atoms with E-state index in [1.807, 2.05) is 6.07 Å². The van der Waals surface area contributed by atoms with Crippen molar-refractivity contribution in [3.8, 4) is 6.07 Å². The summed E-state index contributed by atoms with van der Waals surface area (Å²) >= 11 is 0. The standard InChI is InChI=1S/C23H17FN6O2/c1-30-19-9-5-3-7-17(19)20(16-6-2-4-8-18(16)24)28-21(22(30)31)29-23(32)27-15-11-10-14(12-25)26-13-15/h2-11,13,21H,1H3,(H2,27,29,32). The first-order valence-electron chi connectivity index (χ1n) is 9.61. The molecule has 0 fully saturated rings. The lowest BCUT2D eigenvalue weighted by Gasteiger charge is -2.21. The van der Waals surface area contributed by atoms with E-state index in [-0.39, 0.29) is 17.0 Å². The highest BCUT2D eigenvalue weighted by atomic mass is 19.1. The Kier molecular flexibility index (Phi) is 5.59. The number of carbonyl (C=O) groups is 2. The molecule has 4 rings (SSSR count). The highest BCUT2D eigenvalue weighted by molar-refractivity contribution is 6.20. The van der Waals surface area contributed by atoms with E-state index in [0.717, 1.165) is 0 Å². The van der Waals surface area contributed by atoms with Gasteiger partial charge in [0, 0.05) is 18.2 Å². The van der Waals surface area contributed by atoms with Crippen LogP contribution in [0.4, 0.5) is 20.6 Å². The van der Waals surface area contributed by atoms with Gasteiger partial charge in [-0.15, -0.1) is 0 Å². The van der Waals surface area contributed by atoms with Gasteiger partial charge in [-0.05, 0) is 30.3 Å². The molecular weight excluding hydrogens is 411 g/mol. The lowest BCUT2D eigenvalue weighted by atomic mass is 10.00. The minimum atomic E-state index is -1.30. The molecule has 0 radical (unpaired) electrons. The van der Waals surface area contributed by atoms with Crippen LogP contribution >= 0.6 is 0 Å². The largest absolute Gasteiger partial charge is 0.321 e. The van der Waals surface area contributed by atoms with Gasteiger partial charge in [0.2, 0.25) is 6.17 Å². The summed E-state index contributed by atoms with van der Waals surface area (Å²) in [5.74, 6) is -0.984. The highest BCUT2D eigenvalue weighted by Gasteiger charge is 2.31. The Balaban J connectivity index is 1.69.